The summed E-state index contributed by atoms with van der Waals surface area (Å²) in [6.45, 7) is 2.28. The first-order valence-corrected chi connectivity index (χ1v) is 12.0. The normalized spacial score (nSPS) is 24.1. The number of hydrogen-bond acceptors (Lipinski definition) is 6. The van der Waals surface area contributed by atoms with Crippen LogP contribution in [-0.2, 0) is 19.4 Å². The van der Waals surface area contributed by atoms with E-state index in [2.05, 4.69) is 0 Å². The number of rotatable bonds is 5. The molecule has 0 aliphatic carbocycles. The minimum atomic E-state index is -3.38. The summed E-state index contributed by atoms with van der Waals surface area (Å²) in [4.78, 5) is 27.1. The molecule has 0 bridgehead atoms. The van der Waals surface area contributed by atoms with Crippen molar-refractivity contribution in [3.63, 3.8) is 0 Å². The first kappa shape index (κ1) is 22.0. The largest absolute Gasteiger partial charge is 0.507 e. The Morgan fingerprint density at radius 1 is 1.16 bits per heavy atom. The number of carbonyl (C=O) groups is 2. The summed E-state index contributed by atoms with van der Waals surface area (Å²) >= 11 is 0. The smallest absolute Gasteiger partial charge is 0.295 e. The Morgan fingerprint density at radius 3 is 2.44 bits per heavy atom. The number of halogens is 1. The Hall–Kier alpha value is -3.20. The van der Waals surface area contributed by atoms with Crippen LogP contribution in [0.15, 0.2) is 54.1 Å². The molecule has 1 N–H and O–H groups in total. The van der Waals surface area contributed by atoms with E-state index in [1.54, 1.807) is 18.2 Å². The first-order chi connectivity index (χ1) is 15.2. The number of likely N-dealkylation sites (tertiary alicyclic amines) is 1. The van der Waals surface area contributed by atoms with E-state index in [1.165, 1.54) is 30.3 Å². The number of hydrogen-bond donors (Lipinski definition) is 1. The molecule has 0 radical (unpaired) electrons. The fourth-order valence-electron chi connectivity index (χ4n) is 4.25. The van der Waals surface area contributed by atoms with Crippen LogP contribution in [0.25, 0.3) is 5.76 Å². The summed E-state index contributed by atoms with van der Waals surface area (Å²) < 4.78 is 44.3. The van der Waals surface area contributed by atoms with E-state index in [0.717, 1.165) is 4.90 Å². The fourth-order valence-corrected chi connectivity index (χ4v) is 5.97. The summed E-state index contributed by atoms with van der Waals surface area (Å²) in [6.07, 6.45) is 0.142. The van der Waals surface area contributed by atoms with E-state index in [1.807, 2.05) is 6.92 Å². The molecule has 2 aliphatic rings. The van der Waals surface area contributed by atoms with Gasteiger partial charge in [0.1, 0.15) is 17.3 Å². The molecule has 0 saturated carbocycles. The topological polar surface area (TPSA) is 101 Å². The van der Waals surface area contributed by atoms with Crippen molar-refractivity contribution in [2.45, 2.75) is 25.4 Å². The highest BCUT2D eigenvalue weighted by Crippen LogP contribution is 2.43. The molecule has 2 aromatic rings. The lowest BCUT2D eigenvalue weighted by atomic mass is 9.94. The number of ketones is 1. The van der Waals surface area contributed by atoms with Gasteiger partial charge < -0.3 is 14.7 Å². The Bertz CT molecular complexity index is 1210. The van der Waals surface area contributed by atoms with Gasteiger partial charge in [0.2, 0.25) is 0 Å². The third-order valence-corrected chi connectivity index (χ3v) is 7.47. The zero-order valence-corrected chi connectivity index (χ0v) is 18.1. The van der Waals surface area contributed by atoms with Crippen molar-refractivity contribution in [3.8, 4) is 5.75 Å². The maximum absolute atomic E-state index is 14.8. The molecule has 2 unspecified atom stereocenters. The molecule has 2 fully saturated rings. The third kappa shape index (κ3) is 3.88. The van der Waals surface area contributed by atoms with Gasteiger partial charge in [-0.05, 0) is 43.7 Å². The molecular weight excluding hydrogens is 437 g/mol. The molecule has 0 spiro atoms. The number of amides is 1. The predicted octanol–water partition coefficient (Wildman–Crippen LogP) is 2.83. The van der Waals surface area contributed by atoms with Crippen molar-refractivity contribution in [3.05, 3.63) is 71.0 Å². The van der Waals surface area contributed by atoms with Crippen molar-refractivity contribution >= 4 is 27.3 Å². The molecule has 9 heteroatoms. The second-order valence-electron chi connectivity index (χ2n) is 7.74. The summed E-state index contributed by atoms with van der Waals surface area (Å²) in [5, 5.41) is 11.0. The fraction of sp³-hybridized carbons (Fsp3) is 0.304. The number of Topliss-reactive ketones (excluding diaryl/α,β-unsaturated/α-hetero) is 1. The molecule has 4 rings (SSSR count). The highest BCUT2D eigenvalue weighted by atomic mass is 32.2. The van der Waals surface area contributed by atoms with Crippen LogP contribution in [0, 0.1) is 5.82 Å². The van der Waals surface area contributed by atoms with Crippen molar-refractivity contribution < 1.29 is 32.2 Å². The lowest BCUT2D eigenvalue weighted by Gasteiger charge is -2.30. The van der Waals surface area contributed by atoms with Gasteiger partial charge in [0.25, 0.3) is 11.7 Å². The van der Waals surface area contributed by atoms with Crippen LogP contribution in [0.1, 0.15) is 30.5 Å². The van der Waals surface area contributed by atoms with Gasteiger partial charge in [-0.2, -0.15) is 0 Å². The lowest BCUT2D eigenvalue weighted by molar-refractivity contribution is -0.141. The van der Waals surface area contributed by atoms with Crippen LogP contribution < -0.4 is 4.74 Å². The average molecular weight is 459 g/mol. The van der Waals surface area contributed by atoms with Crippen LogP contribution >= 0.6 is 0 Å². The van der Waals surface area contributed by atoms with Gasteiger partial charge in [-0.25, -0.2) is 12.8 Å². The first-order valence-electron chi connectivity index (χ1n) is 10.2. The molecule has 2 atom stereocenters. The van der Waals surface area contributed by atoms with Crippen molar-refractivity contribution in [2.24, 2.45) is 0 Å². The Morgan fingerprint density at radius 2 is 1.84 bits per heavy atom. The molecule has 1 amide bonds. The standard InChI is InChI=1S/C23H22FNO6S/c1-2-31-16-9-7-14(8-10-16)21(26)19-20(17-5-3-4-6-18(17)24)25(23(28)22(19)27)15-11-12-32(29,30)13-15/h3-10,15,20,26H,2,11-13H2,1H3. The molecular formula is C23H22FNO6S. The number of aliphatic hydroxyl groups excluding tert-OH is 1. The van der Waals surface area contributed by atoms with Gasteiger partial charge in [0.05, 0.1) is 29.7 Å². The van der Waals surface area contributed by atoms with Gasteiger partial charge in [-0.1, -0.05) is 18.2 Å². The molecule has 2 saturated heterocycles. The molecule has 2 aliphatic heterocycles. The summed E-state index contributed by atoms with van der Waals surface area (Å²) in [7, 11) is -3.38. The van der Waals surface area contributed by atoms with Crippen molar-refractivity contribution in [2.75, 3.05) is 18.1 Å². The minimum Gasteiger partial charge on any atom is -0.507 e. The molecule has 32 heavy (non-hydrogen) atoms. The van der Waals surface area contributed by atoms with Gasteiger partial charge in [-0.15, -0.1) is 0 Å². The van der Waals surface area contributed by atoms with Crippen LogP contribution in [0.2, 0.25) is 0 Å². The number of sulfone groups is 1. The molecule has 2 aromatic carbocycles. The SMILES string of the molecule is CCOc1ccc(C(O)=C2C(=O)C(=O)N(C3CCS(=O)(=O)C3)C2c2ccccc2F)cc1. The zero-order valence-electron chi connectivity index (χ0n) is 17.3. The van der Waals surface area contributed by atoms with E-state index >= 15 is 0 Å². The van der Waals surface area contributed by atoms with E-state index in [9.17, 15) is 27.5 Å². The number of nitrogens with zero attached hydrogens (tertiary/aromatic N) is 1. The Kier molecular flexibility index (Phi) is 5.77. The number of ether oxygens (including phenoxy) is 1. The summed E-state index contributed by atoms with van der Waals surface area (Å²) in [5.74, 6) is -2.92. The highest BCUT2D eigenvalue weighted by Gasteiger charge is 2.51. The lowest BCUT2D eigenvalue weighted by Crippen LogP contribution is -2.40. The number of carbonyl (C=O) groups excluding carboxylic acids is 2. The van der Waals surface area contributed by atoms with Gasteiger partial charge >= 0.3 is 0 Å². The van der Waals surface area contributed by atoms with Gasteiger partial charge in [0, 0.05) is 17.2 Å². The molecule has 2 heterocycles. The molecule has 0 aromatic heterocycles. The van der Waals surface area contributed by atoms with Gasteiger partial charge in [0.15, 0.2) is 9.84 Å². The van der Waals surface area contributed by atoms with E-state index in [4.69, 9.17) is 4.74 Å². The third-order valence-electron chi connectivity index (χ3n) is 5.72. The summed E-state index contributed by atoms with van der Waals surface area (Å²) in [6, 6.07) is 9.90. The van der Waals surface area contributed by atoms with Crippen LogP contribution in [0.4, 0.5) is 4.39 Å². The highest BCUT2D eigenvalue weighted by molar-refractivity contribution is 7.91. The summed E-state index contributed by atoms with van der Waals surface area (Å²) in [5.41, 5.74) is 0.00359. The number of benzene rings is 2. The monoisotopic (exact) mass is 459 g/mol. The minimum absolute atomic E-state index is 0.0171. The maximum Gasteiger partial charge on any atom is 0.295 e. The Labute approximate surface area is 185 Å². The average Bonchev–Trinajstić information content (AvgIpc) is 3.25. The van der Waals surface area contributed by atoms with Crippen molar-refractivity contribution in [1.29, 1.82) is 0 Å². The van der Waals surface area contributed by atoms with Crippen molar-refractivity contribution in [1.82, 2.24) is 4.90 Å². The Balaban J connectivity index is 1.86. The van der Waals surface area contributed by atoms with E-state index < -0.39 is 45.2 Å². The predicted molar refractivity (Wildman–Crippen MR) is 115 cm³/mol. The quantitative estimate of drug-likeness (QED) is 0.419. The second kappa shape index (κ2) is 8.38. The zero-order chi connectivity index (χ0) is 23.0. The van der Waals surface area contributed by atoms with E-state index in [0.29, 0.717) is 12.4 Å². The van der Waals surface area contributed by atoms with Crippen LogP contribution in [0.5, 0.6) is 5.75 Å². The maximum atomic E-state index is 14.8. The molecule has 7 nitrogen and oxygen atoms in total. The second-order valence-corrected chi connectivity index (χ2v) is 9.97. The van der Waals surface area contributed by atoms with E-state index in [-0.39, 0.29) is 34.6 Å². The van der Waals surface area contributed by atoms with Crippen LogP contribution in [-0.4, -0.2) is 54.3 Å². The number of aliphatic hydroxyl groups is 1. The van der Waals surface area contributed by atoms with Gasteiger partial charge in [-0.3, -0.25) is 9.59 Å². The van der Waals surface area contributed by atoms with Crippen LogP contribution in [0.3, 0.4) is 0 Å². The molecule has 168 valence electrons.